The minimum Gasteiger partial charge on any atom is -0.349 e. The highest BCUT2D eigenvalue weighted by molar-refractivity contribution is 5.85. The zero-order valence-corrected chi connectivity index (χ0v) is 18.1. The van der Waals surface area contributed by atoms with Gasteiger partial charge in [-0.05, 0) is 66.1 Å². The van der Waals surface area contributed by atoms with Crippen LogP contribution in [-0.4, -0.2) is 10.5 Å². The van der Waals surface area contributed by atoms with Crippen molar-refractivity contribution in [2.75, 3.05) is 0 Å². The maximum atomic E-state index is 13.3. The summed E-state index contributed by atoms with van der Waals surface area (Å²) >= 11 is 0. The molecular formula is C28H27FN2O. The molecule has 1 aliphatic carbocycles. The molecule has 4 heteroatoms. The molecule has 1 aliphatic rings. The Morgan fingerprint density at radius 2 is 1.78 bits per heavy atom. The van der Waals surface area contributed by atoms with Gasteiger partial charge in [0.25, 0.3) is 0 Å². The highest BCUT2D eigenvalue weighted by atomic mass is 19.1. The van der Waals surface area contributed by atoms with E-state index in [9.17, 15) is 9.18 Å². The molecule has 1 N–H and O–H groups in total. The van der Waals surface area contributed by atoms with E-state index in [1.807, 2.05) is 24.3 Å². The van der Waals surface area contributed by atoms with E-state index < -0.39 is 0 Å². The number of carbonyl (C=O) groups is 1. The molecule has 1 amide bonds. The molecule has 0 spiro atoms. The van der Waals surface area contributed by atoms with Crippen LogP contribution in [0.3, 0.4) is 0 Å². The third-order valence-electron chi connectivity index (χ3n) is 6.46. The summed E-state index contributed by atoms with van der Waals surface area (Å²) in [4.78, 5) is 12.8. The number of benzene rings is 3. The Labute approximate surface area is 187 Å². The van der Waals surface area contributed by atoms with Gasteiger partial charge < -0.3 is 9.88 Å². The SMILES string of the molecule is O=C(CCc1cn(Cc2ccc(F)cc2)c2ccccc12)N[C@@H]1CCCc2ccccc21. The summed E-state index contributed by atoms with van der Waals surface area (Å²) in [7, 11) is 0. The molecule has 3 nitrogen and oxygen atoms in total. The second-order valence-corrected chi connectivity index (χ2v) is 8.64. The predicted octanol–water partition coefficient (Wildman–Crippen LogP) is 5.96. The number of fused-ring (bicyclic) bond motifs is 2. The number of nitrogens with one attached hydrogen (secondary N) is 1. The topological polar surface area (TPSA) is 34.0 Å². The second kappa shape index (κ2) is 8.99. The average molecular weight is 427 g/mol. The lowest BCUT2D eigenvalue weighted by Gasteiger charge is -2.26. The van der Waals surface area contributed by atoms with E-state index in [0.29, 0.717) is 19.4 Å². The van der Waals surface area contributed by atoms with Crippen LogP contribution in [0.15, 0.2) is 79.0 Å². The lowest BCUT2D eigenvalue weighted by Crippen LogP contribution is -2.31. The molecule has 0 saturated carbocycles. The number of halogens is 1. The molecule has 0 bridgehead atoms. The molecule has 1 aromatic heterocycles. The number of aromatic nitrogens is 1. The Morgan fingerprint density at radius 3 is 2.66 bits per heavy atom. The van der Waals surface area contributed by atoms with Crippen LogP contribution in [0.2, 0.25) is 0 Å². The largest absolute Gasteiger partial charge is 0.349 e. The van der Waals surface area contributed by atoms with E-state index in [-0.39, 0.29) is 17.8 Å². The van der Waals surface area contributed by atoms with Crippen LogP contribution in [-0.2, 0) is 24.2 Å². The lowest BCUT2D eigenvalue weighted by atomic mass is 9.87. The highest BCUT2D eigenvalue weighted by Gasteiger charge is 2.21. The zero-order chi connectivity index (χ0) is 21.9. The van der Waals surface area contributed by atoms with Crippen LogP contribution in [0.1, 0.15) is 47.6 Å². The second-order valence-electron chi connectivity index (χ2n) is 8.64. The van der Waals surface area contributed by atoms with E-state index in [1.165, 1.54) is 34.2 Å². The Kier molecular flexibility index (Phi) is 5.76. The standard InChI is InChI=1S/C28H27FN2O/c29-23-15-12-20(13-16-23)18-31-19-22(25-9-3-4-11-27(25)31)14-17-28(32)30-26-10-5-7-21-6-1-2-8-24(21)26/h1-4,6,8-9,11-13,15-16,19,26H,5,7,10,14,17-18H2,(H,30,32)/t26-/m1/s1. The number of carbonyl (C=O) groups excluding carboxylic acids is 1. The molecule has 4 aromatic rings. The monoisotopic (exact) mass is 426 g/mol. The summed E-state index contributed by atoms with van der Waals surface area (Å²) in [5, 5.41) is 4.44. The van der Waals surface area contributed by atoms with Crippen LogP contribution >= 0.6 is 0 Å². The number of hydrogen-bond donors (Lipinski definition) is 1. The highest BCUT2D eigenvalue weighted by Crippen LogP contribution is 2.30. The molecule has 1 atom stereocenters. The van der Waals surface area contributed by atoms with Crippen molar-refractivity contribution in [3.63, 3.8) is 0 Å². The number of para-hydroxylation sites is 1. The minimum absolute atomic E-state index is 0.0991. The zero-order valence-electron chi connectivity index (χ0n) is 18.1. The summed E-state index contributed by atoms with van der Waals surface area (Å²) in [6.45, 7) is 0.672. The van der Waals surface area contributed by atoms with Crippen LogP contribution in [0.25, 0.3) is 10.9 Å². The number of amides is 1. The van der Waals surface area contributed by atoms with Gasteiger partial charge in [0.2, 0.25) is 5.91 Å². The molecule has 32 heavy (non-hydrogen) atoms. The van der Waals surface area contributed by atoms with Crippen molar-refractivity contribution in [2.24, 2.45) is 0 Å². The van der Waals surface area contributed by atoms with Crippen molar-refractivity contribution in [3.8, 4) is 0 Å². The Hall–Kier alpha value is -3.40. The maximum Gasteiger partial charge on any atom is 0.220 e. The first-order valence-electron chi connectivity index (χ1n) is 11.4. The molecule has 3 aromatic carbocycles. The summed E-state index contributed by atoms with van der Waals surface area (Å²) in [6.07, 6.45) is 6.49. The fraction of sp³-hybridized carbons (Fsp3) is 0.250. The first-order chi connectivity index (χ1) is 15.7. The third kappa shape index (κ3) is 4.31. The van der Waals surface area contributed by atoms with Gasteiger partial charge in [0.1, 0.15) is 5.82 Å². The summed E-state index contributed by atoms with van der Waals surface area (Å²) in [6, 6.07) is 23.5. The molecule has 0 saturated heterocycles. The predicted molar refractivity (Wildman–Crippen MR) is 126 cm³/mol. The number of rotatable bonds is 6. The average Bonchev–Trinajstić information content (AvgIpc) is 3.17. The van der Waals surface area contributed by atoms with Crippen molar-refractivity contribution < 1.29 is 9.18 Å². The van der Waals surface area contributed by atoms with Gasteiger partial charge in [-0.25, -0.2) is 4.39 Å². The third-order valence-corrected chi connectivity index (χ3v) is 6.46. The van der Waals surface area contributed by atoms with Crippen LogP contribution < -0.4 is 5.32 Å². The molecule has 162 valence electrons. The number of aryl methyl sites for hydroxylation is 2. The van der Waals surface area contributed by atoms with Crippen molar-refractivity contribution >= 4 is 16.8 Å². The Balaban J connectivity index is 1.29. The molecule has 1 heterocycles. The fourth-order valence-electron chi connectivity index (χ4n) is 4.86. The molecule has 0 fully saturated rings. The Bertz CT molecular complexity index is 1240. The van der Waals surface area contributed by atoms with Crippen LogP contribution in [0.5, 0.6) is 0 Å². The van der Waals surface area contributed by atoms with Gasteiger partial charge in [0, 0.05) is 30.1 Å². The molecular weight excluding hydrogens is 399 g/mol. The van der Waals surface area contributed by atoms with Gasteiger partial charge in [-0.1, -0.05) is 54.6 Å². The lowest BCUT2D eigenvalue weighted by molar-refractivity contribution is -0.121. The summed E-state index contributed by atoms with van der Waals surface area (Å²) in [5.41, 5.74) is 5.97. The van der Waals surface area contributed by atoms with Gasteiger partial charge in [-0.2, -0.15) is 0 Å². The van der Waals surface area contributed by atoms with E-state index in [0.717, 1.165) is 30.3 Å². The minimum atomic E-state index is -0.224. The van der Waals surface area contributed by atoms with Gasteiger partial charge in [-0.15, -0.1) is 0 Å². The van der Waals surface area contributed by atoms with Crippen LogP contribution in [0, 0.1) is 5.82 Å². The summed E-state index contributed by atoms with van der Waals surface area (Å²) < 4.78 is 15.5. The van der Waals surface area contributed by atoms with Gasteiger partial charge in [0.05, 0.1) is 6.04 Å². The maximum absolute atomic E-state index is 13.3. The fourth-order valence-corrected chi connectivity index (χ4v) is 4.86. The summed E-state index contributed by atoms with van der Waals surface area (Å²) in [5.74, 6) is -0.125. The van der Waals surface area contributed by atoms with Crippen molar-refractivity contribution in [3.05, 3.63) is 107 Å². The van der Waals surface area contributed by atoms with Crippen LogP contribution in [0.4, 0.5) is 4.39 Å². The van der Waals surface area contributed by atoms with E-state index in [1.54, 1.807) is 0 Å². The van der Waals surface area contributed by atoms with Crippen molar-refractivity contribution in [1.82, 2.24) is 9.88 Å². The Morgan fingerprint density at radius 1 is 1.00 bits per heavy atom. The van der Waals surface area contributed by atoms with Gasteiger partial charge >= 0.3 is 0 Å². The number of hydrogen-bond acceptors (Lipinski definition) is 1. The van der Waals surface area contributed by atoms with Gasteiger partial charge in [-0.3, -0.25) is 4.79 Å². The van der Waals surface area contributed by atoms with Gasteiger partial charge in [0.15, 0.2) is 0 Å². The first kappa shape index (κ1) is 20.5. The number of nitrogens with zero attached hydrogens (tertiary/aromatic N) is 1. The molecule has 0 aliphatic heterocycles. The van der Waals surface area contributed by atoms with E-state index in [4.69, 9.17) is 0 Å². The molecule has 0 radical (unpaired) electrons. The smallest absolute Gasteiger partial charge is 0.220 e. The normalized spacial score (nSPS) is 15.5. The molecule has 5 rings (SSSR count). The first-order valence-corrected chi connectivity index (χ1v) is 11.4. The quantitative estimate of drug-likeness (QED) is 0.406. The van der Waals surface area contributed by atoms with Crippen molar-refractivity contribution in [1.29, 1.82) is 0 Å². The van der Waals surface area contributed by atoms with E-state index >= 15 is 0 Å². The molecule has 0 unspecified atom stereocenters. The van der Waals surface area contributed by atoms with E-state index in [2.05, 4.69) is 52.5 Å². The van der Waals surface area contributed by atoms with Crippen molar-refractivity contribution in [2.45, 2.75) is 44.7 Å².